The first-order valence-electron chi connectivity index (χ1n) is 6.86. The maximum absolute atomic E-state index is 12.3. The number of halogens is 1. The second-order valence-corrected chi connectivity index (χ2v) is 5.70. The highest BCUT2D eigenvalue weighted by Crippen LogP contribution is 2.27. The van der Waals surface area contributed by atoms with Crippen LogP contribution in [0.4, 0.5) is 11.4 Å². The fraction of sp³-hybridized carbons (Fsp3) is 0. The molecule has 8 heteroatoms. The van der Waals surface area contributed by atoms with Gasteiger partial charge in [-0.2, -0.15) is 0 Å². The largest absolute Gasteiger partial charge is 0.454 e. The maximum atomic E-state index is 12.3. The Balaban J connectivity index is 1.80. The quantitative estimate of drug-likeness (QED) is 0.668. The van der Waals surface area contributed by atoms with Crippen LogP contribution < -0.4 is 15.8 Å². The first kappa shape index (κ1) is 15.9. The van der Waals surface area contributed by atoms with E-state index in [1.165, 1.54) is 18.7 Å². The number of hydrogen-bond donors (Lipinski definition) is 2. The lowest BCUT2D eigenvalue weighted by atomic mass is 10.2. The first-order chi connectivity index (χ1) is 11.6. The molecule has 0 spiro atoms. The van der Waals surface area contributed by atoms with Gasteiger partial charge in [0, 0.05) is 34.2 Å². The van der Waals surface area contributed by atoms with E-state index in [2.05, 4.69) is 36.2 Å². The Morgan fingerprint density at radius 1 is 1.12 bits per heavy atom. The van der Waals surface area contributed by atoms with Crippen LogP contribution in [0.5, 0.6) is 11.5 Å². The standard InChI is InChI=1S/C16H12BrN5O2/c17-10-1-2-21-15(3-10)16(23)22-12-4-11(18)5-13(6-12)24-14-7-19-9-20-8-14/h1-9H,18H2,(H,22,23). The summed E-state index contributed by atoms with van der Waals surface area (Å²) in [5.74, 6) is 0.576. The van der Waals surface area contributed by atoms with Gasteiger partial charge >= 0.3 is 0 Å². The molecule has 0 saturated heterocycles. The predicted molar refractivity (Wildman–Crippen MR) is 92.9 cm³/mol. The van der Waals surface area contributed by atoms with Gasteiger partial charge in [0.05, 0.1) is 12.4 Å². The summed E-state index contributed by atoms with van der Waals surface area (Å²) >= 11 is 3.30. The second-order valence-electron chi connectivity index (χ2n) is 4.78. The number of carbonyl (C=O) groups is 1. The number of anilines is 2. The zero-order valence-electron chi connectivity index (χ0n) is 12.3. The minimum absolute atomic E-state index is 0.283. The van der Waals surface area contributed by atoms with E-state index in [4.69, 9.17) is 10.5 Å². The molecule has 0 aliphatic heterocycles. The molecule has 2 aromatic heterocycles. The molecular weight excluding hydrogens is 374 g/mol. The molecule has 120 valence electrons. The maximum Gasteiger partial charge on any atom is 0.274 e. The lowest BCUT2D eigenvalue weighted by Gasteiger charge is -2.10. The number of ether oxygens (including phenoxy) is 1. The third-order valence-electron chi connectivity index (χ3n) is 2.91. The van der Waals surface area contributed by atoms with E-state index >= 15 is 0 Å². The van der Waals surface area contributed by atoms with Crippen molar-refractivity contribution in [1.29, 1.82) is 0 Å². The van der Waals surface area contributed by atoms with E-state index in [1.54, 1.807) is 36.5 Å². The molecule has 0 fully saturated rings. The van der Waals surface area contributed by atoms with Crippen LogP contribution in [-0.4, -0.2) is 20.9 Å². The summed E-state index contributed by atoms with van der Waals surface area (Å²) < 4.78 is 6.39. The van der Waals surface area contributed by atoms with Crippen molar-refractivity contribution < 1.29 is 9.53 Å². The van der Waals surface area contributed by atoms with Gasteiger partial charge in [-0.3, -0.25) is 9.78 Å². The molecule has 0 aliphatic rings. The van der Waals surface area contributed by atoms with Crippen molar-refractivity contribution in [2.75, 3.05) is 11.1 Å². The van der Waals surface area contributed by atoms with Crippen molar-refractivity contribution >= 4 is 33.2 Å². The van der Waals surface area contributed by atoms with Gasteiger partial charge in [-0.25, -0.2) is 9.97 Å². The summed E-state index contributed by atoms with van der Waals surface area (Å²) in [6.45, 7) is 0. The SMILES string of the molecule is Nc1cc(NC(=O)c2cc(Br)ccn2)cc(Oc2cncnc2)c1. The van der Waals surface area contributed by atoms with Gasteiger partial charge < -0.3 is 15.8 Å². The Hall–Kier alpha value is -3.00. The highest BCUT2D eigenvalue weighted by molar-refractivity contribution is 9.10. The Morgan fingerprint density at radius 2 is 1.92 bits per heavy atom. The monoisotopic (exact) mass is 385 g/mol. The van der Waals surface area contributed by atoms with Crippen molar-refractivity contribution in [2.24, 2.45) is 0 Å². The summed E-state index contributed by atoms with van der Waals surface area (Å²) in [6.07, 6.45) is 6.00. The molecule has 0 unspecified atom stereocenters. The number of hydrogen-bond acceptors (Lipinski definition) is 6. The number of nitrogens with two attached hydrogens (primary N) is 1. The number of rotatable bonds is 4. The predicted octanol–water partition coefficient (Wildman–Crippen LogP) is 3.26. The summed E-state index contributed by atoms with van der Waals surface area (Å²) in [4.78, 5) is 24.0. The summed E-state index contributed by atoms with van der Waals surface area (Å²) in [5, 5.41) is 2.74. The fourth-order valence-electron chi connectivity index (χ4n) is 1.95. The Kier molecular flexibility index (Phi) is 4.66. The summed E-state index contributed by atoms with van der Waals surface area (Å²) in [5.41, 5.74) is 7.09. The van der Waals surface area contributed by atoms with E-state index in [1.807, 2.05) is 0 Å². The van der Waals surface area contributed by atoms with Gasteiger partial charge in [-0.1, -0.05) is 15.9 Å². The topological polar surface area (TPSA) is 103 Å². The zero-order chi connectivity index (χ0) is 16.9. The molecule has 3 aromatic rings. The van der Waals surface area contributed by atoms with Crippen molar-refractivity contribution in [3.05, 3.63) is 65.4 Å². The van der Waals surface area contributed by atoms with Crippen LogP contribution in [0.3, 0.4) is 0 Å². The van der Waals surface area contributed by atoms with Crippen molar-refractivity contribution in [3.63, 3.8) is 0 Å². The van der Waals surface area contributed by atoms with Crippen LogP contribution in [0.2, 0.25) is 0 Å². The number of nitrogens with zero attached hydrogens (tertiary/aromatic N) is 3. The molecule has 0 aliphatic carbocycles. The molecule has 24 heavy (non-hydrogen) atoms. The van der Waals surface area contributed by atoms with Crippen LogP contribution in [0.1, 0.15) is 10.5 Å². The van der Waals surface area contributed by atoms with Crippen molar-refractivity contribution in [1.82, 2.24) is 15.0 Å². The lowest BCUT2D eigenvalue weighted by molar-refractivity contribution is 0.102. The number of amides is 1. The molecule has 3 rings (SSSR count). The first-order valence-corrected chi connectivity index (χ1v) is 7.66. The summed E-state index contributed by atoms with van der Waals surface area (Å²) in [7, 11) is 0. The van der Waals surface area contributed by atoms with Gasteiger partial charge in [0.15, 0.2) is 5.75 Å². The number of nitrogens with one attached hydrogen (secondary N) is 1. The fourth-order valence-corrected chi connectivity index (χ4v) is 2.29. The third-order valence-corrected chi connectivity index (χ3v) is 3.41. The van der Waals surface area contributed by atoms with Gasteiger partial charge in [-0.05, 0) is 18.2 Å². The van der Waals surface area contributed by atoms with E-state index < -0.39 is 0 Å². The average Bonchev–Trinajstić information content (AvgIpc) is 2.55. The number of pyridine rings is 1. The van der Waals surface area contributed by atoms with Gasteiger partial charge in [0.25, 0.3) is 5.91 Å². The van der Waals surface area contributed by atoms with Crippen LogP contribution in [0.15, 0.2) is 59.7 Å². The average molecular weight is 386 g/mol. The molecule has 0 atom stereocenters. The normalized spacial score (nSPS) is 10.2. The molecule has 0 bridgehead atoms. The van der Waals surface area contributed by atoms with Crippen LogP contribution >= 0.6 is 15.9 Å². The van der Waals surface area contributed by atoms with Crippen LogP contribution in [0, 0.1) is 0 Å². The van der Waals surface area contributed by atoms with Gasteiger partial charge in [-0.15, -0.1) is 0 Å². The van der Waals surface area contributed by atoms with E-state index in [0.717, 1.165) is 4.47 Å². The van der Waals surface area contributed by atoms with Crippen molar-refractivity contribution in [2.45, 2.75) is 0 Å². The highest BCUT2D eigenvalue weighted by Gasteiger charge is 2.10. The number of benzene rings is 1. The second kappa shape index (κ2) is 7.05. The molecule has 0 radical (unpaired) electrons. The number of aromatic nitrogens is 3. The third kappa shape index (κ3) is 4.05. The molecule has 2 heterocycles. The van der Waals surface area contributed by atoms with E-state index in [9.17, 15) is 4.79 Å². The highest BCUT2D eigenvalue weighted by atomic mass is 79.9. The molecular formula is C16H12BrN5O2. The minimum atomic E-state index is -0.351. The Labute approximate surface area is 146 Å². The van der Waals surface area contributed by atoms with E-state index in [-0.39, 0.29) is 11.6 Å². The molecule has 1 amide bonds. The Bertz CT molecular complexity index is 873. The van der Waals surface area contributed by atoms with Gasteiger partial charge in [0.1, 0.15) is 17.8 Å². The van der Waals surface area contributed by atoms with Gasteiger partial charge in [0.2, 0.25) is 0 Å². The number of carbonyl (C=O) groups excluding carboxylic acids is 1. The van der Waals surface area contributed by atoms with Crippen molar-refractivity contribution in [3.8, 4) is 11.5 Å². The van der Waals surface area contributed by atoms with Crippen LogP contribution in [-0.2, 0) is 0 Å². The lowest BCUT2D eigenvalue weighted by Crippen LogP contribution is -2.13. The molecule has 3 N–H and O–H groups in total. The summed E-state index contributed by atoms with van der Waals surface area (Å²) in [6, 6.07) is 8.29. The molecule has 1 aromatic carbocycles. The van der Waals surface area contributed by atoms with E-state index in [0.29, 0.717) is 22.9 Å². The smallest absolute Gasteiger partial charge is 0.274 e. The molecule has 0 saturated carbocycles. The van der Waals surface area contributed by atoms with Crippen LogP contribution in [0.25, 0.3) is 0 Å². The Morgan fingerprint density at radius 3 is 2.67 bits per heavy atom. The molecule has 7 nitrogen and oxygen atoms in total. The minimum Gasteiger partial charge on any atom is -0.454 e. The zero-order valence-corrected chi connectivity index (χ0v) is 13.9. The number of nitrogen functional groups attached to an aromatic ring is 1.